The summed E-state index contributed by atoms with van der Waals surface area (Å²) in [4.78, 5) is 0. The molecule has 1 aromatic heterocycles. The summed E-state index contributed by atoms with van der Waals surface area (Å²) in [5, 5.41) is 4.07. The molecule has 0 saturated heterocycles. The van der Waals surface area contributed by atoms with Crippen LogP contribution in [0.25, 0.3) is 0 Å². The SMILES string of the molecule is Cn1nc(N)cc1COC1CCCC1. The van der Waals surface area contributed by atoms with Crippen molar-refractivity contribution in [2.24, 2.45) is 7.05 Å². The molecule has 0 atom stereocenters. The van der Waals surface area contributed by atoms with Crippen LogP contribution in [0, 0.1) is 0 Å². The van der Waals surface area contributed by atoms with Crippen LogP contribution in [0.5, 0.6) is 0 Å². The third-order valence-electron chi connectivity index (χ3n) is 2.76. The topological polar surface area (TPSA) is 53.1 Å². The smallest absolute Gasteiger partial charge is 0.145 e. The van der Waals surface area contributed by atoms with Gasteiger partial charge in [0, 0.05) is 13.1 Å². The lowest BCUT2D eigenvalue weighted by Crippen LogP contribution is -2.09. The van der Waals surface area contributed by atoms with E-state index in [1.807, 2.05) is 13.1 Å². The van der Waals surface area contributed by atoms with Crippen LogP contribution in [-0.4, -0.2) is 15.9 Å². The van der Waals surface area contributed by atoms with Gasteiger partial charge in [0.25, 0.3) is 0 Å². The van der Waals surface area contributed by atoms with Crippen molar-refractivity contribution in [2.75, 3.05) is 5.73 Å². The van der Waals surface area contributed by atoms with Gasteiger partial charge in [0.15, 0.2) is 0 Å². The van der Waals surface area contributed by atoms with Gasteiger partial charge in [0.2, 0.25) is 0 Å². The number of nitrogen functional groups attached to an aromatic ring is 1. The third-order valence-corrected chi connectivity index (χ3v) is 2.76. The van der Waals surface area contributed by atoms with Crippen LogP contribution in [-0.2, 0) is 18.4 Å². The summed E-state index contributed by atoms with van der Waals surface area (Å²) >= 11 is 0. The van der Waals surface area contributed by atoms with Crippen molar-refractivity contribution < 1.29 is 4.74 Å². The molecule has 0 unspecified atom stereocenters. The molecule has 0 radical (unpaired) electrons. The van der Waals surface area contributed by atoms with E-state index in [1.165, 1.54) is 25.7 Å². The fourth-order valence-corrected chi connectivity index (χ4v) is 1.92. The molecule has 2 N–H and O–H groups in total. The Morgan fingerprint density at radius 2 is 2.29 bits per heavy atom. The molecule has 0 aromatic carbocycles. The molecule has 4 nitrogen and oxygen atoms in total. The second kappa shape index (κ2) is 4.00. The molecule has 78 valence electrons. The van der Waals surface area contributed by atoms with Crippen LogP contribution < -0.4 is 5.73 Å². The molecule has 1 aromatic rings. The first-order valence-electron chi connectivity index (χ1n) is 5.15. The van der Waals surface area contributed by atoms with E-state index in [-0.39, 0.29) is 0 Å². The minimum atomic E-state index is 0.450. The van der Waals surface area contributed by atoms with Crippen molar-refractivity contribution in [3.63, 3.8) is 0 Å². The van der Waals surface area contributed by atoms with Gasteiger partial charge in [-0.2, -0.15) is 5.10 Å². The zero-order valence-electron chi connectivity index (χ0n) is 8.57. The predicted octanol–water partition coefficient (Wildman–Crippen LogP) is 1.46. The Morgan fingerprint density at radius 1 is 1.57 bits per heavy atom. The molecular weight excluding hydrogens is 178 g/mol. The Morgan fingerprint density at radius 3 is 2.86 bits per heavy atom. The maximum Gasteiger partial charge on any atom is 0.145 e. The molecule has 14 heavy (non-hydrogen) atoms. The average Bonchev–Trinajstić information content (AvgIpc) is 2.72. The lowest BCUT2D eigenvalue weighted by atomic mass is 10.3. The third kappa shape index (κ3) is 2.07. The van der Waals surface area contributed by atoms with Crippen molar-refractivity contribution in [1.82, 2.24) is 9.78 Å². The highest BCUT2D eigenvalue weighted by atomic mass is 16.5. The Hall–Kier alpha value is -1.03. The van der Waals surface area contributed by atoms with Crippen molar-refractivity contribution in [2.45, 2.75) is 38.4 Å². The van der Waals surface area contributed by atoms with Crippen molar-refractivity contribution in [3.05, 3.63) is 11.8 Å². The van der Waals surface area contributed by atoms with Gasteiger partial charge in [-0.25, -0.2) is 0 Å². The van der Waals surface area contributed by atoms with Crippen LogP contribution in [0.15, 0.2) is 6.07 Å². The first-order chi connectivity index (χ1) is 6.75. The van der Waals surface area contributed by atoms with Crippen LogP contribution in [0.2, 0.25) is 0 Å². The number of nitrogens with two attached hydrogens (primary N) is 1. The monoisotopic (exact) mass is 195 g/mol. The fourth-order valence-electron chi connectivity index (χ4n) is 1.92. The van der Waals surface area contributed by atoms with Crippen LogP contribution in [0.1, 0.15) is 31.4 Å². The Bertz CT molecular complexity index is 302. The Labute approximate surface area is 84.0 Å². The van der Waals surface area contributed by atoms with Crippen molar-refractivity contribution in [3.8, 4) is 0 Å². The van der Waals surface area contributed by atoms with E-state index in [0.29, 0.717) is 18.5 Å². The van der Waals surface area contributed by atoms with Crippen LogP contribution in [0.3, 0.4) is 0 Å². The molecule has 0 bridgehead atoms. The second-order valence-corrected chi connectivity index (χ2v) is 3.90. The predicted molar refractivity (Wildman–Crippen MR) is 54.7 cm³/mol. The summed E-state index contributed by atoms with van der Waals surface area (Å²) < 4.78 is 7.55. The molecule has 1 saturated carbocycles. The normalized spacial score (nSPS) is 17.8. The van der Waals surface area contributed by atoms with Gasteiger partial charge < -0.3 is 10.5 Å². The molecule has 2 rings (SSSR count). The van der Waals surface area contributed by atoms with E-state index in [2.05, 4.69) is 5.10 Å². The summed E-state index contributed by atoms with van der Waals surface area (Å²) in [5.74, 6) is 0.567. The second-order valence-electron chi connectivity index (χ2n) is 3.90. The molecule has 1 heterocycles. The number of rotatable bonds is 3. The summed E-state index contributed by atoms with van der Waals surface area (Å²) in [6.07, 6.45) is 5.46. The maximum absolute atomic E-state index is 5.77. The standard InChI is InChI=1S/C10H17N3O/c1-13-8(6-10(11)12-13)7-14-9-4-2-3-5-9/h6,9H,2-5,7H2,1H3,(H2,11,12). The Kier molecular flexibility index (Phi) is 2.72. The zero-order chi connectivity index (χ0) is 9.97. The molecule has 0 aliphatic heterocycles. The minimum absolute atomic E-state index is 0.450. The molecule has 1 aliphatic carbocycles. The minimum Gasteiger partial charge on any atom is -0.382 e. The first kappa shape index (κ1) is 9.52. The van der Waals surface area contributed by atoms with Crippen LogP contribution in [0.4, 0.5) is 5.82 Å². The molecule has 4 heteroatoms. The van der Waals surface area contributed by atoms with Gasteiger partial charge in [0.05, 0.1) is 18.4 Å². The van der Waals surface area contributed by atoms with Gasteiger partial charge in [-0.15, -0.1) is 0 Å². The number of aryl methyl sites for hydroxylation is 1. The first-order valence-corrected chi connectivity index (χ1v) is 5.15. The van der Waals surface area contributed by atoms with Gasteiger partial charge in [-0.1, -0.05) is 12.8 Å². The highest BCUT2D eigenvalue weighted by Gasteiger charge is 2.15. The number of nitrogens with zero attached hydrogens (tertiary/aromatic N) is 2. The largest absolute Gasteiger partial charge is 0.382 e. The van der Waals surface area contributed by atoms with E-state index in [4.69, 9.17) is 10.5 Å². The lowest BCUT2D eigenvalue weighted by Gasteiger charge is -2.10. The summed E-state index contributed by atoms with van der Waals surface area (Å²) in [6, 6.07) is 1.87. The van der Waals surface area contributed by atoms with Crippen molar-refractivity contribution >= 4 is 5.82 Å². The number of ether oxygens (including phenoxy) is 1. The fraction of sp³-hybridized carbons (Fsp3) is 0.700. The van der Waals surface area contributed by atoms with E-state index in [9.17, 15) is 0 Å². The highest BCUT2D eigenvalue weighted by molar-refractivity contribution is 5.28. The summed E-state index contributed by atoms with van der Waals surface area (Å²) in [7, 11) is 1.89. The average molecular weight is 195 g/mol. The van der Waals surface area contributed by atoms with Gasteiger partial charge >= 0.3 is 0 Å². The van der Waals surface area contributed by atoms with Crippen LogP contribution >= 0.6 is 0 Å². The molecular formula is C10H17N3O. The maximum atomic E-state index is 5.77. The van der Waals surface area contributed by atoms with E-state index in [0.717, 1.165) is 5.69 Å². The molecule has 0 amide bonds. The highest BCUT2D eigenvalue weighted by Crippen LogP contribution is 2.22. The van der Waals surface area contributed by atoms with Gasteiger partial charge in [-0.05, 0) is 12.8 Å². The lowest BCUT2D eigenvalue weighted by molar-refractivity contribution is 0.0421. The molecule has 1 aliphatic rings. The number of hydrogen-bond donors (Lipinski definition) is 1. The molecule has 0 spiro atoms. The van der Waals surface area contributed by atoms with Gasteiger partial charge in [-0.3, -0.25) is 4.68 Å². The van der Waals surface area contributed by atoms with Gasteiger partial charge in [0.1, 0.15) is 5.82 Å². The number of hydrogen-bond acceptors (Lipinski definition) is 3. The zero-order valence-corrected chi connectivity index (χ0v) is 8.57. The van der Waals surface area contributed by atoms with Crippen molar-refractivity contribution in [1.29, 1.82) is 0 Å². The molecule has 1 fully saturated rings. The Balaban J connectivity index is 1.87. The summed E-state index contributed by atoms with van der Waals surface area (Å²) in [6.45, 7) is 0.630. The number of anilines is 1. The summed E-state index contributed by atoms with van der Waals surface area (Å²) in [5.41, 5.74) is 6.63. The quantitative estimate of drug-likeness (QED) is 0.794. The van der Waals surface area contributed by atoms with E-state index in [1.54, 1.807) is 4.68 Å². The number of aromatic nitrogens is 2. The van der Waals surface area contributed by atoms with E-state index < -0.39 is 0 Å². The van der Waals surface area contributed by atoms with E-state index >= 15 is 0 Å².